The van der Waals surface area contributed by atoms with Gasteiger partial charge in [-0.05, 0) is 65.9 Å². The summed E-state index contributed by atoms with van der Waals surface area (Å²) < 4.78 is 6.50. The van der Waals surface area contributed by atoms with Crippen LogP contribution in [0.5, 0.6) is 0 Å². The van der Waals surface area contributed by atoms with Gasteiger partial charge in [-0.25, -0.2) is 9.78 Å². The quantitative estimate of drug-likeness (QED) is 0.404. The van der Waals surface area contributed by atoms with Gasteiger partial charge < -0.3 is 15.0 Å². The van der Waals surface area contributed by atoms with E-state index in [1.54, 1.807) is 23.7 Å². The van der Waals surface area contributed by atoms with Crippen molar-refractivity contribution in [3.05, 3.63) is 98.3 Å². The lowest BCUT2D eigenvalue weighted by atomic mass is 10.0. The molecule has 0 unspecified atom stereocenters. The summed E-state index contributed by atoms with van der Waals surface area (Å²) in [5.41, 5.74) is 6.53. The summed E-state index contributed by atoms with van der Waals surface area (Å²) in [6.45, 7) is 3.73. The van der Waals surface area contributed by atoms with Gasteiger partial charge in [0, 0.05) is 32.4 Å². The number of fused-ring (bicyclic) bond motifs is 2. The van der Waals surface area contributed by atoms with Crippen molar-refractivity contribution in [2.45, 2.75) is 26.4 Å². The van der Waals surface area contributed by atoms with Gasteiger partial charge in [0.15, 0.2) is 0 Å². The Bertz CT molecular complexity index is 1630. The predicted molar refractivity (Wildman–Crippen MR) is 143 cm³/mol. The molecule has 5 rings (SSSR count). The second-order valence-electron chi connectivity index (χ2n) is 9.26. The van der Waals surface area contributed by atoms with Crippen molar-refractivity contribution in [3.8, 4) is 6.07 Å². The summed E-state index contributed by atoms with van der Waals surface area (Å²) in [4.78, 5) is 32.6. The average Bonchev–Trinajstić information content (AvgIpc) is 3.33. The summed E-state index contributed by atoms with van der Waals surface area (Å²) in [6, 6.07) is 19.1. The van der Waals surface area contributed by atoms with Crippen LogP contribution >= 0.6 is 0 Å². The summed E-state index contributed by atoms with van der Waals surface area (Å²) in [7, 11) is 3.12. The molecule has 1 N–H and O–H groups in total. The summed E-state index contributed by atoms with van der Waals surface area (Å²) in [5.74, 6) is 0.203. The number of methoxy groups -OCH3 is 1. The fourth-order valence-corrected chi connectivity index (χ4v) is 4.93. The number of hydrogen-bond acceptors (Lipinski definition) is 7. The molecule has 0 aliphatic carbocycles. The number of nitrogens with one attached hydrogen (secondary N) is 1. The Morgan fingerprint density at radius 2 is 1.92 bits per heavy atom. The molecule has 37 heavy (non-hydrogen) atoms. The van der Waals surface area contributed by atoms with Gasteiger partial charge in [0.05, 0.1) is 35.2 Å². The van der Waals surface area contributed by atoms with E-state index < -0.39 is 5.97 Å². The predicted octanol–water partition coefficient (Wildman–Crippen LogP) is 4.08. The van der Waals surface area contributed by atoms with Crippen LogP contribution in [0.1, 0.15) is 38.2 Å². The molecule has 0 bridgehead atoms. The lowest BCUT2D eigenvalue weighted by Crippen LogP contribution is -2.28. The number of nitrogens with zero attached hydrogens (tertiary/aromatic N) is 4. The van der Waals surface area contributed by atoms with Gasteiger partial charge in [-0.1, -0.05) is 24.3 Å². The van der Waals surface area contributed by atoms with Crippen LogP contribution in [0.2, 0.25) is 0 Å². The van der Waals surface area contributed by atoms with Gasteiger partial charge in [-0.15, -0.1) is 0 Å². The third kappa shape index (κ3) is 4.52. The Morgan fingerprint density at radius 1 is 1.14 bits per heavy atom. The van der Waals surface area contributed by atoms with Crippen LogP contribution in [-0.2, 0) is 31.3 Å². The normalized spacial score (nSPS) is 12.3. The van der Waals surface area contributed by atoms with E-state index in [-0.39, 0.29) is 5.56 Å². The van der Waals surface area contributed by atoms with E-state index in [9.17, 15) is 14.9 Å². The molecular weight excluding hydrogens is 466 g/mol. The molecule has 8 heteroatoms. The Balaban J connectivity index is 1.46. The van der Waals surface area contributed by atoms with E-state index in [0.29, 0.717) is 59.7 Å². The number of ether oxygens (including phenoxy) is 1. The van der Waals surface area contributed by atoms with Crippen molar-refractivity contribution in [1.82, 2.24) is 9.55 Å². The summed E-state index contributed by atoms with van der Waals surface area (Å²) in [5, 5.41) is 13.2. The standard InChI is InChI=1S/C29H27N5O3/c1-18-12-20(10-11-31-25-7-5-4-6-23(25)28(36)37-3)26-24(13-18)27(35)33(2)29(32-26)34-16-21-9-8-19(15-30)14-22(21)17-34/h4-9,12-14,31H,10-11,16-17H2,1-3H3. The molecular formula is C29H27N5O3. The zero-order valence-electron chi connectivity index (χ0n) is 21.0. The van der Waals surface area contributed by atoms with E-state index in [1.165, 1.54) is 7.11 Å². The smallest absolute Gasteiger partial charge is 0.339 e. The largest absolute Gasteiger partial charge is 0.465 e. The number of rotatable bonds is 6. The van der Waals surface area contributed by atoms with Crippen LogP contribution in [0.25, 0.3) is 10.9 Å². The van der Waals surface area contributed by atoms with Crippen LogP contribution in [-0.4, -0.2) is 29.2 Å². The molecule has 0 saturated carbocycles. The van der Waals surface area contributed by atoms with E-state index >= 15 is 0 Å². The van der Waals surface area contributed by atoms with Crippen molar-refractivity contribution < 1.29 is 9.53 Å². The van der Waals surface area contributed by atoms with Crippen molar-refractivity contribution >= 4 is 28.5 Å². The van der Waals surface area contributed by atoms with Gasteiger partial charge in [-0.2, -0.15) is 5.26 Å². The molecule has 4 aromatic rings. The summed E-state index contributed by atoms with van der Waals surface area (Å²) >= 11 is 0. The fraction of sp³-hybridized carbons (Fsp3) is 0.241. The van der Waals surface area contributed by atoms with Crippen LogP contribution < -0.4 is 15.8 Å². The molecule has 0 radical (unpaired) electrons. The highest BCUT2D eigenvalue weighted by Gasteiger charge is 2.24. The first-order chi connectivity index (χ1) is 17.9. The number of nitriles is 1. The molecule has 1 aliphatic heterocycles. The van der Waals surface area contributed by atoms with Gasteiger partial charge in [-0.3, -0.25) is 9.36 Å². The molecule has 2 heterocycles. The highest BCUT2D eigenvalue weighted by atomic mass is 16.5. The summed E-state index contributed by atoms with van der Waals surface area (Å²) in [6.07, 6.45) is 0.610. The number of aryl methyl sites for hydroxylation is 1. The fourth-order valence-electron chi connectivity index (χ4n) is 4.93. The SMILES string of the molecule is COC(=O)c1ccccc1NCCc1cc(C)cc2c(=O)n(C)c(N3Cc4ccc(C#N)cc4C3)nc12. The lowest BCUT2D eigenvalue weighted by molar-refractivity contribution is 0.0602. The van der Waals surface area contributed by atoms with Gasteiger partial charge in [0.25, 0.3) is 5.56 Å². The Hall–Kier alpha value is -4.64. The molecule has 8 nitrogen and oxygen atoms in total. The molecule has 0 spiro atoms. The number of aromatic nitrogens is 2. The van der Waals surface area contributed by atoms with Crippen molar-refractivity contribution in [2.24, 2.45) is 7.05 Å². The van der Waals surface area contributed by atoms with E-state index in [0.717, 1.165) is 22.3 Å². The number of esters is 1. The topological polar surface area (TPSA) is 100 Å². The van der Waals surface area contributed by atoms with Crippen LogP contribution in [0.4, 0.5) is 11.6 Å². The lowest BCUT2D eigenvalue weighted by Gasteiger charge is -2.21. The minimum atomic E-state index is -0.396. The first kappa shape index (κ1) is 24.1. The molecule has 0 saturated heterocycles. The zero-order chi connectivity index (χ0) is 26.1. The molecule has 0 atom stereocenters. The number of carbonyl (C=O) groups is 1. The first-order valence-corrected chi connectivity index (χ1v) is 12.1. The monoisotopic (exact) mass is 493 g/mol. The van der Waals surface area contributed by atoms with Crippen LogP contribution in [0.3, 0.4) is 0 Å². The van der Waals surface area contributed by atoms with Crippen molar-refractivity contribution in [1.29, 1.82) is 5.26 Å². The van der Waals surface area contributed by atoms with Gasteiger partial charge in [0.1, 0.15) is 0 Å². The number of anilines is 2. The maximum absolute atomic E-state index is 13.4. The number of para-hydroxylation sites is 1. The molecule has 1 aromatic heterocycles. The van der Waals surface area contributed by atoms with Gasteiger partial charge in [0.2, 0.25) is 5.95 Å². The third-order valence-electron chi connectivity index (χ3n) is 6.76. The Labute approximate surface area is 214 Å². The second-order valence-corrected chi connectivity index (χ2v) is 9.26. The average molecular weight is 494 g/mol. The minimum Gasteiger partial charge on any atom is -0.465 e. The Morgan fingerprint density at radius 3 is 2.70 bits per heavy atom. The number of carbonyl (C=O) groups excluding carboxylic acids is 1. The molecule has 0 fully saturated rings. The first-order valence-electron chi connectivity index (χ1n) is 12.1. The van der Waals surface area contributed by atoms with Crippen LogP contribution in [0.15, 0.2) is 59.4 Å². The van der Waals surface area contributed by atoms with E-state index in [1.807, 2.05) is 43.3 Å². The van der Waals surface area contributed by atoms with Gasteiger partial charge >= 0.3 is 5.97 Å². The third-order valence-corrected chi connectivity index (χ3v) is 6.76. The maximum atomic E-state index is 13.4. The van der Waals surface area contributed by atoms with Crippen LogP contribution in [0, 0.1) is 18.3 Å². The van der Waals surface area contributed by atoms with E-state index in [2.05, 4.69) is 22.4 Å². The maximum Gasteiger partial charge on any atom is 0.339 e. The van der Waals surface area contributed by atoms with Crippen molar-refractivity contribution in [2.75, 3.05) is 23.9 Å². The zero-order valence-corrected chi connectivity index (χ0v) is 21.0. The number of hydrogen-bond donors (Lipinski definition) is 1. The molecule has 1 aliphatic rings. The Kier molecular flexibility index (Phi) is 6.36. The second kappa shape index (κ2) is 9.78. The highest BCUT2D eigenvalue weighted by molar-refractivity contribution is 5.95. The number of benzene rings is 3. The minimum absolute atomic E-state index is 0.0948. The molecule has 0 amide bonds. The van der Waals surface area contributed by atoms with E-state index in [4.69, 9.17) is 9.72 Å². The highest BCUT2D eigenvalue weighted by Crippen LogP contribution is 2.29. The molecule has 186 valence electrons. The van der Waals surface area contributed by atoms with Crippen molar-refractivity contribution in [3.63, 3.8) is 0 Å². The molecule has 3 aromatic carbocycles.